The summed E-state index contributed by atoms with van der Waals surface area (Å²) >= 11 is 0. The summed E-state index contributed by atoms with van der Waals surface area (Å²) in [6.45, 7) is 2.08. The lowest BCUT2D eigenvalue weighted by Crippen LogP contribution is -2.64. The van der Waals surface area contributed by atoms with Crippen molar-refractivity contribution in [2.24, 2.45) is 0 Å². The Bertz CT molecular complexity index is 1560. The molecule has 1 aromatic carbocycles. The first-order valence-corrected chi connectivity index (χ1v) is 12.2. The van der Waals surface area contributed by atoms with E-state index in [9.17, 15) is 18.9 Å². The third-order valence-electron chi connectivity index (χ3n) is 6.38. The predicted molar refractivity (Wildman–Crippen MR) is 123 cm³/mol. The molecule has 0 bridgehead atoms. The van der Waals surface area contributed by atoms with Crippen LogP contribution >= 0.6 is 0 Å². The number of nitriles is 2. The topological polar surface area (TPSA) is 131 Å². The number of aromatic amines is 1. The molecule has 0 aliphatic carbocycles. The molecule has 166 valence electrons. The van der Waals surface area contributed by atoms with Gasteiger partial charge >= 0.3 is 0 Å². The lowest BCUT2D eigenvalue weighted by Gasteiger charge is -2.49. The molecule has 1 saturated heterocycles. The summed E-state index contributed by atoms with van der Waals surface area (Å²) in [6, 6.07) is 12.2. The van der Waals surface area contributed by atoms with E-state index in [1.807, 2.05) is 41.2 Å². The van der Waals surface area contributed by atoms with Gasteiger partial charge in [0, 0.05) is 47.3 Å². The minimum absolute atomic E-state index is 0.0199. The van der Waals surface area contributed by atoms with Gasteiger partial charge in [-0.2, -0.15) is 14.8 Å². The standard InChI is InChI=1S/C23H21N7O2S/c1-2-33(31,32)29-13-23(14-29,7-9-25)30-12-19(17-4-3-16(5-8-24)11-20(17)30)21-18-6-10-26-22(18)28-15-27-21/h3-4,6,10-12,15H,2,5,7,13-14H2,1H3,(H,26,27,28). The molecule has 0 atom stereocenters. The van der Waals surface area contributed by atoms with Gasteiger partial charge in [0.15, 0.2) is 0 Å². The van der Waals surface area contributed by atoms with Crippen molar-refractivity contribution in [1.82, 2.24) is 23.8 Å². The van der Waals surface area contributed by atoms with E-state index in [0.717, 1.165) is 38.8 Å². The molecule has 0 saturated carbocycles. The molecule has 4 aromatic rings. The van der Waals surface area contributed by atoms with Crippen LogP contribution in [-0.2, 0) is 22.0 Å². The first kappa shape index (κ1) is 21.1. The number of aromatic nitrogens is 4. The predicted octanol–water partition coefficient (Wildman–Crippen LogP) is 2.92. The average Bonchev–Trinajstić information content (AvgIpc) is 3.41. The van der Waals surface area contributed by atoms with Crippen molar-refractivity contribution in [1.29, 1.82) is 10.5 Å². The highest BCUT2D eigenvalue weighted by Crippen LogP contribution is 2.42. The number of H-pyrrole nitrogens is 1. The van der Waals surface area contributed by atoms with Crippen LogP contribution in [0.1, 0.15) is 18.9 Å². The molecule has 33 heavy (non-hydrogen) atoms. The van der Waals surface area contributed by atoms with Gasteiger partial charge in [0.1, 0.15) is 12.0 Å². The van der Waals surface area contributed by atoms with E-state index in [1.54, 1.807) is 6.92 Å². The third kappa shape index (κ3) is 3.27. The van der Waals surface area contributed by atoms with Crippen LogP contribution in [-0.4, -0.2) is 51.1 Å². The quantitative estimate of drug-likeness (QED) is 0.472. The molecule has 0 unspecified atom stereocenters. The van der Waals surface area contributed by atoms with Crippen molar-refractivity contribution in [3.05, 3.63) is 48.5 Å². The van der Waals surface area contributed by atoms with E-state index in [-0.39, 0.29) is 31.7 Å². The number of rotatable bonds is 6. The SMILES string of the molecule is CCS(=O)(=O)N1CC(CC#N)(n2cc(-c3ncnc4[nH]ccc34)c3ccc(CC#N)cc32)C1. The maximum atomic E-state index is 12.4. The van der Waals surface area contributed by atoms with E-state index < -0.39 is 15.6 Å². The summed E-state index contributed by atoms with van der Waals surface area (Å²) in [5.41, 5.74) is 3.36. The minimum Gasteiger partial charge on any atom is -0.346 e. The maximum absolute atomic E-state index is 12.4. The van der Waals surface area contributed by atoms with Gasteiger partial charge < -0.3 is 9.55 Å². The van der Waals surface area contributed by atoms with E-state index in [4.69, 9.17) is 0 Å². The Morgan fingerprint density at radius 3 is 2.70 bits per heavy atom. The maximum Gasteiger partial charge on any atom is 0.213 e. The number of nitrogens with zero attached hydrogens (tertiary/aromatic N) is 6. The van der Waals surface area contributed by atoms with E-state index in [0.29, 0.717) is 0 Å². The normalized spacial score (nSPS) is 15.8. The van der Waals surface area contributed by atoms with Crippen LogP contribution in [0.2, 0.25) is 0 Å². The van der Waals surface area contributed by atoms with Crippen LogP contribution in [0.5, 0.6) is 0 Å². The molecule has 0 radical (unpaired) electrons. The summed E-state index contributed by atoms with van der Waals surface area (Å²) < 4.78 is 28.3. The van der Waals surface area contributed by atoms with E-state index in [2.05, 4.69) is 27.1 Å². The molecule has 0 spiro atoms. The molecule has 1 N–H and O–H groups in total. The van der Waals surface area contributed by atoms with Gasteiger partial charge in [0.2, 0.25) is 10.0 Å². The van der Waals surface area contributed by atoms with Crippen molar-refractivity contribution in [2.75, 3.05) is 18.8 Å². The van der Waals surface area contributed by atoms with Crippen molar-refractivity contribution in [2.45, 2.75) is 25.3 Å². The fraction of sp³-hybridized carbons (Fsp3) is 0.304. The van der Waals surface area contributed by atoms with Gasteiger partial charge in [-0.1, -0.05) is 12.1 Å². The number of hydrogen-bond donors (Lipinski definition) is 1. The Labute approximate surface area is 191 Å². The van der Waals surface area contributed by atoms with E-state index in [1.165, 1.54) is 10.6 Å². The van der Waals surface area contributed by atoms with Gasteiger partial charge in [-0.25, -0.2) is 18.4 Å². The zero-order chi connectivity index (χ0) is 23.2. The van der Waals surface area contributed by atoms with Crippen LogP contribution in [0.4, 0.5) is 0 Å². The number of hydrogen-bond acceptors (Lipinski definition) is 6. The molecule has 1 aliphatic heterocycles. The Balaban J connectivity index is 1.73. The van der Waals surface area contributed by atoms with Crippen LogP contribution < -0.4 is 0 Å². The first-order valence-electron chi connectivity index (χ1n) is 10.6. The largest absolute Gasteiger partial charge is 0.346 e. The number of nitrogens with one attached hydrogen (secondary N) is 1. The smallest absolute Gasteiger partial charge is 0.213 e. The summed E-state index contributed by atoms with van der Waals surface area (Å²) in [5, 5.41) is 20.6. The third-order valence-corrected chi connectivity index (χ3v) is 8.16. The number of benzene rings is 1. The van der Waals surface area contributed by atoms with E-state index >= 15 is 0 Å². The lowest BCUT2D eigenvalue weighted by atomic mass is 9.88. The highest BCUT2D eigenvalue weighted by Gasteiger charge is 2.49. The second kappa shape index (κ2) is 7.69. The van der Waals surface area contributed by atoms with Crippen LogP contribution in [0.25, 0.3) is 33.2 Å². The molecular formula is C23H21N7O2S. The molecule has 10 heteroatoms. The zero-order valence-corrected chi connectivity index (χ0v) is 18.8. The van der Waals surface area contributed by atoms with Crippen LogP contribution in [0, 0.1) is 22.7 Å². The van der Waals surface area contributed by atoms with Crippen molar-refractivity contribution >= 4 is 32.0 Å². The highest BCUT2D eigenvalue weighted by atomic mass is 32.2. The van der Waals surface area contributed by atoms with Gasteiger partial charge in [-0.15, -0.1) is 0 Å². The first-order chi connectivity index (χ1) is 15.9. The monoisotopic (exact) mass is 459 g/mol. The second-order valence-electron chi connectivity index (χ2n) is 8.29. The van der Waals surface area contributed by atoms with Crippen LogP contribution in [0.3, 0.4) is 0 Å². The molecule has 1 fully saturated rings. The fourth-order valence-corrected chi connectivity index (χ4v) is 5.87. The Hall–Kier alpha value is -3.73. The van der Waals surface area contributed by atoms with Crippen molar-refractivity contribution in [3.63, 3.8) is 0 Å². The second-order valence-corrected chi connectivity index (χ2v) is 10.5. The average molecular weight is 460 g/mol. The van der Waals surface area contributed by atoms with Gasteiger partial charge in [-0.05, 0) is 24.6 Å². The highest BCUT2D eigenvalue weighted by molar-refractivity contribution is 7.89. The molecular weight excluding hydrogens is 438 g/mol. The Morgan fingerprint density at radius 1 is 1.15 bits per heavy atom. The van der Waals surface area contributed by atoms with Gasteiger partial charge in [0.25, 0.3) is 0 Å². The fourth-order valence-electron chi connectivity index (χ4n) is 4.63. The molecule has 1 aliphatic rings. The lowest BCUT2D eigenvalue weighted by molar-refractivity contribution is 0.0893. The molecule has 3 aromatic heterocycles. The van der Waals surface area contributed by atoms with Crippen LogP contribution in [0.15, 0.2) is 43.0 Å². The minimum atomic E-state index is -3.35. The molecule has 5 rings (SSSR count). The van der Waals surface area contributed by atoms with Crippen molar-refractivity contribution < 1.29 is 8.42 Å². The summed E-state index contributed by atoms with van der Waals surface area (Å²) in [6.07, 6.45) is 5.70. The summed E-state index contributed by atoms with van der Waals surface area (Å²) in [4.78, 5) is 11.9. The molecule has 0 amide bonds. The number of sulfonamides is 1. The molecule has 9 nitrogen and oxygen atoms in total. The molecule has 4 heterocycles. The summed E-state index contributed by atoms with van der Waals surface area (Å²) in [5.74, 6) is 0.0199. The zero-order valence-electron chi connectivity index (χ0n) is 18.0. The Kier molecular flexibility index (Phi) is 4.93. The van der Waals surface area contributed by atoms with Gasteiger partial charge in [-0.3, -0.25) is 0 Å². The van der Waals surface area contributed by atoms with Gasteiger partial charge in [0.05, 0.1) is 42.0 Å². The summed E-state index contributed by atoms with van der Waals surface area (Å²) in [7, 11) is -3.35. The number of fused-ring (bicyclic) bond motifs is 2. The van der Waals surface area contributed by atoms with Crippen molar-refractivity contribution in [3.8, 4) is 23.4 Å². The Morgan fingerprint density at radius 2 is 1.97 bits per heavy atom.